The van der Waals surface area contributed by atoms with E-state index in [9.17, 15) is 14.7 Å². The van der Waals surface area contributed by atoms with Crippen molar-refractivity contribution >= 4 is 23.1 Å². The molecule has 0 aliphatic carbocycles. The molecule has 32 heavy (non-hydrogen) atoms. The predicted octanol–water partition coefficient (Wildman–Crippen LogP) is 5.06. The Morgan fingerprint density at radius 3 is 2.06 bits per heavy atom. The Morgan fingerprint density at radius 2 is 1.59 bits per heavy atom. The van der Waals surface area contributed by atoms with Gasteiger partial charge in [0.1, 0.15) is 5.75 Å². The molecule has 6 nitrogen and oxygen atoms in total. The van der Waals surface area contributed by atoms with Crippen LogP contribution < -0.4 is 14.5 Å². The van der Waals surface area contributed by atoms with Crippen LogP contribution >= 0.6 is 0 Å². The van der Waals surface area contributed by atoms with E-state index in [1.54, 1.807) is 20.8 Å². The van der Waals surface area contributed by atoms with Gasteiger partial charge < -0.3 is 14.7 Å². The second kappa shape index (κ2) is 8.69. The van der Waals surface area contributed by atoms with E-state index < -0.39 is 23.1 Å². The summed E-state index contributed by atoms with van der Waals surface area (Å²) in [5, 5.41) is 10.8. The van der Waals surface area contributed by atoms with Crippen LogP contribution in [0, 0.1) is 5.41 Å². The number of aliphatic hydroxyl groups is 1. The van der Waals surface area contributed by atoms with Crippen LogP contribution in [0.2, 0.25) is 0 Å². The molecule has 170 valence electrons. The quantitative estimate of drug-likeness (QED) is 0.686. The van der Waals surface area contributed by atoms with Crippen LogP contribution in [-0.2, 0) is 9.59 Å². The molecule has 1 aliphatic heterocycles. The Bertz CT molecular complexity index is 1030. The van der Waals surface area contributed by atoms with Gasteiger partial charge in [0.25, 0.3) is 5.91 Å². The maximum absolute atomic E-state index is 13.3. The molecule has 0 spiro atoms. The van der Waals surface area contributed by atoms with Crippen molar-refractivity contribution in [3.63, 3.8) is 0 Å². The lowest BCUT2D eigenvalue weighted by Crippen LogP contribution is -2.32. The molecular weight excluding hydrogens is 404 g/mol. The molecule has 2 aromatic carbocycles. The van der Waals surface area contributed by atoms with Crippen molar-refractivity contribution in [3.05, 3.63) is 65.4 Å². The van der Waals surface area contributed by atoms with Gasteiger partial charge in [-0.3, -0.25) is 14.5 Å². The smallest absolute Gasteiger partial charge is 0.294 e. The normalized spacial score (nSPS) is 16.7. The molecule has 2 aromatic rings. The summed E-state index contributed by atoms with van der Waals surface area (Å²) in [4.78, 5) is 30.0. The summed E-state index contributed by atoms with van der Waals surface area (Å²) >= 11 is 0. The average molecular weight is 437 g/mol. The Balaban J connectivity index is 2.12. The van der Waals surface area contributed by atoms with E-state index >= 15 is 0 Å². The van der Waals surface area contributed by atoms with Crippen molar-refractivity contribution in [2.24, 2.45) is 5.41 Å². The first-order valence-electron chi connectivity index (χ1n) is 10.8. The lowest BCUT2D eigenvalue weighted by Gasteiger charge is -2.29. The lowest BCUT2D eigenvalue weighted by atomic mass is 9.82. The number of amides is 1. The van der Waals surface area contributed by atoms with E-state index in [2.05, 4.69) is 0 Å². The first kappa shape index (κ1) is 23.4. The van der Waals surface area contributed by atoms with Gasteiger partial charge in [0, 0.05) is 30.9 Å². The molecule has 1 unspecified atom stereocenters. The van der Waals surface area contributed by atoms with Crippen molar-refractivity contribution in [2.75, 3.05) is 23.9 Å². The minimum absolute atomic E-state index is 0.0302. The number of ether oxygens (including phenoxy) is 1. The highest BCUT2D eigenvalue weighted by Gasteiger charge is 2.46. The third kappa shape index (κ3) is 4.49. The fourth-order valence-electron chi connectivity index (χ4n) is 3.74. The molecule has 1 heterocycles. The summed E-state index contributed by atoms with van der Waals surface area (Å²) in [6.07, 6.45) is 0.0302. The van der Waals surface area contributed by atoms with Crippen LogP contribution in [0.15, 0.2) is 59.9 Å². The second-order valence-corrected chi connectivity index (χ2v) is 9.57. The van der Waals surface area contributed by atoms with Crippen LogP contribution in [0.3, 0.4) is 0 Å². The minimum Gasteiger partial charge on any atom is -0.503 e. The van der Waals surface area contributed by atoms with E-state index in [0.717, 1.165) is 11.3 Å². The molecule has 0 radical (unpaired) electrons. The molecule has 1 N–H and O–H groups in total. The SMILES string of the molecule is CC(C)Oc1ccc(C2C(C(=O)C(C)(C)C)=C(O)C(=O)N2c2ccc(N(C)C)cc2)cc1. The topological polar surface area (TPSA) is 70.1 Å². The van der Waals surface area contributed by atoms with Gasteiger partial charge in [0.2, 0.25) is 0 Å². The molecule has 1 amide bonds. The third-order valence-electron chi connectivity index (χ3n) is 5.35. The number of ketones is 1. The number of hydrogen-bond acceptors (Lipinski definition) is 5. The number of hydrogen-bond donors (Lipinski definition) is 1. The zero-order valence-electron chi connectivity index (χ0n) is 19.8. The molecule has 0 saturated heterocycles. The van der Waals surface area contributed by atoms with Gasteiger partial charge in [-0.15, -0.1) is 0 Å². The Morgan fingerprint density at radius 1 is 1.03 bits per heavy atom. The summed E-state index contributed by atoms with van der Waals surface area (Å²) < 4.78 is 5.74. The average Bonchev–Trinajstić information content (AvgIpc) is 2.97. The van der Waals surface area contributed by atoms with Crippen molar-refractivity contribution in [1.29, 1.82) is 0 Å². The standard InChI is InChI=1S/C26H32N2O4/c1-16(2)32-20-14-8-17(9-15-20)22-21(24(30)26(3,4)5)23(29)25(31)28(22)19-12-10-18(11-13-19)27(6)7/h8-16,22,29H,1-7H3. The van der Waals surface area contributed by atoms with E-state index in [1.807, 2.05) is 81.4 Å². The van der Waals surface area contributed by atoms with Crippen molar-refractivity contribution in [2.45, 2.75) is 46.8 Å². The van der Waals surface area contributed by atoms with Crippen LogP contribution in [-0.4, -0.2) is 37.0 Å². The second-order valence-electron chi connectivity index (χ2n) is 9.57. The summed E-state index contributed by atoms with van der Waals surface area (Å²) in [7, 11) is 3.88. The summed E-state index contributed by atoms with van der Waals surface area (Å²) in [5.41, 5.74) is 1.68. The van der Waals surface area contributed by atoms with Crippen LogP contribution in [0.1, 0.15) is 46.2 Å². The van der Waals surface area contributed by atoms with Crippen molar-refractivity contribution < 1.29 is 19.4 Å². The van der Waals surface area contributed by atoms with E-state index in [-0.39, 0.29) is 17.5 Å². The van der Waals surface area contributed by atoms with Gasteiger partial charge in [-0.1, -0.05) is 32.9 Å². The number of carbonyl (C=O) groups is 2. The number of rotatable bonds is 6. The first-order chi connectivity index (χ1) is 14.9. The highest BCUT2D eigenvalue weighted by atomic mass is 16.5. The third-order valence-corrected chi connectivity index (χ3v) is 5.35. The first-order valence-corrected chi connectivity index (χ1v) is 10.8. The fraction of sp³-hybridized carbons (Fsp3) is 0.385. The summed E-state index contributed by atoms with van der Waals surface area (Å²) in [5.74, 6) is -0.632. The largest absolute Gasteiger partial charge is 0.503 e. The predicted molar refractivity (Wildman–Crippen MR) is 127 cm³/mol. The zero-order chi connectivity index (χ0) is 23.8. The maximum atomic E-state index is 13.3. The molecule has 1 atom stereocenters. The van der Waals surface area contributed by atoms with Crippen molar-refractivity contribution in [1.82, 2.24) is 0 Å². The molecule has 0 fully saturated rings. The Hall–Kier alpha value is -3.28. The summed E-state index contributed by atoms with van der Waals surface area (Å²) in [6, 6.07) is 14.1. The number of carbonyl (C=O) groups excluding carboxylic acids is 2. The molecule has 0 bridgehead atoms. The number of nitrogens with zero attached hydrogens (tertiary/aromatic N) is 2. The summed E-state index contributed by atoms with van der Waals surface area (Å²) in [6.45, 7) is 9.24. The van der Waals surface area contributed by atoms with Gasteiger partial charge in [-0.05, 0) is 55.8 Å². The van der Waals surface area contributed by atoms with Gasteiger partial charge in [0.05, 0.1) is 17.7 Å². The van der Waals surface area contributed by atoms with E-state index in [0.29, 0.717) is 11.4 Å². The number of benzene rings is 2. The van der Waals surface area contributed by atoms with Gasteiger partial charge >= 0.3 is 0 Å². The molecular formula is C26H32N2O4. The fourth-order valence-corrected chi connectivity index (χ4v) is 3.74. The van der Waals surface area contributed by atoms with E-state index in [1.165, 1.54) is 4.90 Å². The van der Waals surface area contributed by atoms with Crippen LogP contribution in [0.5, 0.6) is 5.75 Å². The maximum Gasteiger partial charge on any atom is 0.294 e. The molecule has 1 aliphatic rings. The highest BCUT2D eigenvalue weighted by Crippen LogP contribution is 2.43. The Labute approximate surface area is 190 Å². The number of aliphatic hydroxyl groups excluding tert-OH is 1. The number of anilines is 2. The van der Waals surface area contributed by atoms with Gasteiger partial charge in [-0.25, -0.2) is 0 Å². The molecule has 0 aromatic heterocycles. The number of Topliss-reactive ketones (excluding diaryl/α,β-unsaturated/α-hetero) is 1. The van der Waals surface area contributed by atoms with Crippen molar-refractivity contribution in [3.8, 4) is 5.75 Å². The van der Waals surface area contributed by atoms with Gasteiger partial charge in [0.15, 0.2) is 11.5 Å². The minimum atomic E-state index is -0.757. The molecule has 0 saturated carbocycles. The van der Waals surface area contributed by atoms with Crippen LogP contribution in [0.25, 0.3) is 0 Å². The molecule has 6 heteroatoms. The van der Waals surface area contributed by atoms with Gasteiger partial charge in [-0.2, -0.15) is 0 Å². The van der Waals surface area contributed by atoms with Crippen LogP contribution in [0.4, 0.5) is 11.4 Å². The monoisotopic (exact) mass is 436 g/mol. The molecule has 3 rings (SSSR count). The zero-order valence-corrected chi connectivity index (χ0v) is 19.8. The van der Waals surface area contributed by atoms with E-state index in [4.69, 9.17) is 4.74 Å². The Kier molecular flexibility index (Phi) is 6.35. The highest BCUT2D eigenvalue weighted by molar-refractivity contribution is 6.17. The lowest BCUT2D eigenvalue weighted by molar-refractivity contribution is -0.123.